The van der Waals surface area contributed by atoms with Crippen molar-refractivity contribution in [2.45, 2.75) is 13.0 Å². The third-order valence-corrected chi connectivity index (χ3v) is 3.79. The van der Waals surface area contributed by atoms with E-state index in [9.17, 15) is 20.0 Å². The number of benzene rings is 1. The summed E-state index contributed by atoms with van der Waals surface area (Å²) >= 11 is 6.83. The van der Waals surface area contributed by atoms with Crippen LogP contribution >= 0.6 is 23.4 Å². The number of nitrogens with zero attached hydrogens (tertiary/aromatic N) is 1. The van der Waals surface area contributed by atoms with Crippen molar-refractivity contribution in [2.75, 3.05) is 11.6 Å². The van der Waals surface area contributed by atoms with Crippen LogP contribution in [0.25, 0.3) is 0 Å². The maximum atomic E-state index is 11.8. The van der Waals surface area contributed by atoms with Crippen molar-refractivity contribution < 1.29 is 14.8 Å². The van der Waals surface area contributed by atoms with Crippen molar-refractivity contribution in [3.05, 3.63) is 39.9 Å². The molecule has 0 aliphatic heterocycles. The van der Waals surface area contributed by atoms with E-state index in [1.165, 1.54) is 24.3 Å². The molecule has 104 valence electrons. The quantitative estimate of drug-likeness (QED) is 0.496. The molecule has 0 saturated heterocycles. The Labute approximate surface area is 120 Å². The summed E-state index contributed by atoms with van der Waals surface area (Å²) in [6, 6.07) is 5.46. The van der Waals surface area contributed by atoms with Gasteiger partial charge in [0.05, 0.1) is 16.9 Å². The molecule has 0 amide bonds. The Balaban J connectivity index is 2.88. The van der Waals surface area contributed by atoms with Crippen molar-refractivity contribution in [3.8, 4) is 0 Å². The third kappa shape index (κ3) is 4.19. The Bertz CT molecular complexity index is 452. The highest BCUT2D eigenvalue weighted by Gasteiger charge is 2.27. The van der Waals surface area contributed by atoms with Gasteiger partial charge in [-0.05, 0) is 23.4 Å². The van der Waals surface area contributed by atoms with E-state index < -0.39 is 16.9 Å². The van der Waals surface area contributed by atoms with Gasteiger partial charge in [-0.2, -0.15) is 0 Å². The summed E-state index contributed by atoms with van der Waals surface area (Å²) in [5.41, 5.74) is 0.383. The molecular formula is C12H14ClNO4S. The molecule has 0 aliphatic rings. The number of non-ortho nitro benzene ring substituents is 1. The number of alkyl halides is 1. The van der Waals surface area contributed by atoms with Crippen LogP contribution in [0.2, 0.25) is 0 Å². The second-order valence-electron chi connectivity index (χ2n) is 3.81. The van der Waals surface area contributed by atoms with Crippen molar-refractivity contribution in [1.29, 1.82) is 0 Å². The first kappa shape index (κ1) is 15.9. The topological polar surface area (TPSA) is 80.4 Å². The zero-order valence-electron chi connectivity index (χ0n) is 10.3. The Kier molecular flexibility index (Phi) is 6.27. The van der Waals surface area contributed by atoms with Gasteiger partial charge in [-0.25, -0.2) is 0 Å². The monoisotopic (exact) mass is 303 g/mol. The van der Waals surface area contributed by atoms with E-state index in [-0.39, 0.29) is 16.7 Å². The molecule has 0 fully saturated rings. The fourth-order valence-corrected chi connectivity index (χ4v) is 2.66. The molecule has 0 aromatic heterocycles. The minimum Gasteiger partial charge on any atom is -0.388 e. The lowest BCUT2D eigenvalue weighted by molar-refractivity contribution is -0.384. The van der Waals surface area contributed by atoms with Crippen LogP contribution in [-0.2, 0) is 4.79 Å². The van der Waals surface area contributed by atoms with E-state index in [4.69, 9.17) is 11.6 Å². The molecule has 7 heteroatoms. The summed E-state index contributed by atoms with van der Waals surface area (Å²) < 4.78 is 0. The molecule has 1 aromatic rings. The minimum atomic E-state index is -1.05. The standard InChI is InChI=1S/C12H14ClNO4S/c1-2-19-12(16)10(7-13)11(15)8-3-5-9(6-4-8)14(17)18/h3-6,10-11,15H,2,7H2,1H3/t10-,11-/m0/s1. The van der Waals surface area contributed by atoms with Gasteiger partial charge in [0.15, 0.2) is 5.12 Å². The Morgan fingerprint density at radius 2 is 2.05 bits per heavy atom. The molecule has 2 atom stereocenters. The van der Waals surface area contributed by atoms with E-state index in [0.717, 1.165) is 11.8 Å². The van der Waals surface area contributed by atoms with E-state index in [0.29, 0.717) is 11.3 Å². The summed E-state index contributed by atoms with van der Waals surface area (Å²) in [5.74, 6) is -0.100. The zero-order chi connectivity index (χ0) is 14.4. The molecule has 0 radical (unpaired) electrons. The number of rotatable bonds is 6. The van der Waals surface area contributed by atoms with Crippen molar-refractivity contribution in [1.82, 2.24) is 0 Å². The minimum absolute atomic E-state index is 0.00396. The van der Waals surface area contributed by atoms with Crippen LogP contribution in [0.1, 0.15) is 18.6 Å². The Hall–Kier alpha value is -1.11. The van der Waals surface area contributed by atoms with E-state index in [2.05, 4.69) is 0 Å². The van der Waals surface area contributed by atoms with Crippen LogP contribution in [-0.4, -0.2) is 26.8 Å². The SMILES string of the molecule is CCSC(=O)[C@@H](CCl)[C@@H](O)c1ccc([N+](=O)[O-])cc1. The molecular weight excluding hydrogens is 290 g/mol. The molecule has 0 spiro atoms. The van der Waals surface area contributed by atoms with Crippen molar-refractivity contribution in [3.63, 3.8) is 0 Å². The largest absolute Gasteiger partial charge is 0.388 e. The number of aliphatic hydroxyl groups is 1. The molecule has 1 rings (SSSR count). The number of hydrogen-bond donors (Lipinski definition) is 1. The first-order valence-electron chi connectivity index (χ1n) is 5.66. The number of thioether (sulfide) groups is 1. The summed E-state index contributed by atoms with van der Waals surface area (Å²) in [4.78, 5) is 21.8. The lowest BCUT2D eigenvalue weighted by Gasteiger charge is -2.19. The summed E-state index contributed by atoms with van der Waals surface area (Å²) in [6.07, 6.45) is -1.05. The van der Waals surface area contributed by atoms with Gasteiger partial charge < -0.3 is 5.11 Å². The van der Waals surface area contributed by atoms with Gasteiger partial charge in [0.1, 0.15) is 0 Å². The molecule has 0 aliphatic carbocycles. The van der Waals surface area contributed by atoms with E-state index in [1.54, 1.807) is 0 Å². The number of carbonyl (C=O) groups excluding carboxylic acids is 1. The third-order valence-electron chi connectivity index (χ3n) is 2.58. The number of carbonyl (C=O) groups is 1. The summed E-state index contributed by atoms with van der Waals surface area (Å²) in [6.45, 7) is 1.84. The highest BCUT2D eigenvalue weighted by molar-refractivity contribution is 8.13. The first-order chi connectivity index (χ1) is 9.01. The number of hydrogen-bond acceptors (Lipinski definition) is 5. The number of halogens is 1. The van der Waals surface area contributed by atoms with Gasteiger partial charge in [0.2, 0.25) is 0 Å². The van der Waals surface area contributed by atoms with Gasteiger partial charge in [-0.3, -0.25) is 14.9 Å². The van der Waals surface area contributed by atoms with Crippen LogP contribution in [0.15, 0.2) is 24.3 Å². The van der Waals surface area contributed by atoms with Crippen LogP contribution in [0, 0.1) is 16.0 Å². The molecule has 0 bridgehead atoms. The predicted molar refractivity (Wildman–Crippen MR) is 75.4 cm³/mol. The molecule has 5 nitrogen and oxygen atoms in total. The van der Waals surface area contributed by atoms with Crippen molar-refractivity contribution >= 4 is 34.2 Å². The number of nitro groups is 1. The Morgan fingerprint density at radius 1 is 1.47 bits per heavy atom. The van der Waals surface area contributed by atoms with Crippen LogP contribution in [0.5, 0.6) is 0 Å². The lowest BCUT2D eigenvalue weighted by atomic mass is 9.98. The highest BCUT2D eigenvalue weighted by atomic mass is 35.5. The maximum absolute atomic E-state index is 11.8. The molecule has 0 heterocycles. The second-order valence-corrected chi connectivity index (χ2v) is 5.38. The Morgan fingerprint density at radius 3 is 2.47 bits per heavy atom. The van der Waals surface area contributed by atoms with Crippen LogP contribution in [0.3, 0.4) is 0 Å². The average molecular weight is 304 g/mol. The highest BCUT2D eigenvalue weighted by Crippen LogP contribution is 2.28. The van der Waals surface area contributed by atoms with Gasteiger partial charge in [-0.15, -0.1) is 11.6 Å². The zero-order valence-corrected chi connectivity index (χ0v) is 11.9. The lowest BCUT2D eigenvalue weighted by Crippen LogP contribution is -2.22. The van der Waals surface area contributed by atoms with E-state index >= 15 is 0 Å². The molecule has 1 N–H and O–H groups in total. The van der Waals surface area contributed by atoms with Crippen LogP contribution < -0.4 is 0 Å². The maximum Gasteiger partial charge on any atom is 0.269 e. The first-order valence-corrected chi connectivity index (χ1v) is 7.18. The number of aliphatic hydroxyl groups excluding tert-OH is 1. The number of nitro benzene ring substituents is 1. The molecule has 19 heavy (non-hydrogen) atoms. The van der Waals surface area contributed by atoms with Gasteiger partial charge in [-0.1, -0.05) is 18.7 Å². The smallest absolute Gasteiger partial charge is 0.269 e. The average Bonchev–Trinajstić information content (AvgIpc) is 2.39. The van der Waals surface area contributed by atoms with Gasteiger partial charge in [0, 0.05) is 18.0 Å². The van der Waals surface area contributed by atoms with Gasteiger partial charge >= 0.3 is 0 Å². The molecule has 1 aromatic carbocycles. The normalized spacial score (nSPS) is 13.8. The van der Waals surface area contributed by atoms with E-state index in [1.807, 2.05) is 6.92 Å². The fraction of sp³-hybridized carbons (Fsp3) is 0.417. The molecule has 0 unspecified atom stereocenters. The fourth-order valence-electron chi connectivity index (χ4n) is 1.55. The van der Waals surface area contributed by atoms with Gasteiger partial charge in [0.25, 0.3) is 5.69 Å². The summed E-state index contributed by atoms with van der Waals surface area (Å²) in [7, 11) is 0. The summed E-state index contributed by atoms with van der Waals surface area (Å²) in [5, 5.41) is 20.5. The van der Waals surface area contributed by atoms with Crippen LogP contribution in [0.4, 0.5) is 5.69 Å². The van der Waals surface area contributed by atoms with Crippen molar-refractivity contribution in [2.24, 2.45) is 5.92 Å². The second kappa shape index (κ2) is 7.47. The molecule has 0 saturated carbocycles. The predicted octanol–water partition coefficient (Wildman–Crippen LogP) is 2.76.